The minimum absolute atomic E-state index is 0.0972. The van der Waals surface area contributed by atoms with E-state index in [2.05, 4.69) is 25.7 Å². The zero-order valence-electron chi connectivity index (χ0n) is 17.0. The van der Waals surface area contributed by atoms with Crippen molar-refractivity contribution in [2.75, 3.05) is 12.4 Å². The third-order valence-corrected chi connectivity index (χ3v) is 5.41. The number of carbonyl (C=O) groups excluding carboxylic acids is 1. The highest BCUT2D eigenvalue weighted by Crippen LogP contribution is 2.24. The Bertz CT molecular complexity index is 1170. The number of methoxy groups -OCH3 is 1. The third-order valence-electron chi connectivity index (χ3n) is 4.41. The lowest BCUT2D eigenvalue weighted by molar-refractivity contribution is -0.115. The monoisotopic (exact) mass is 436 g/mol. The molecule has 2 heterocycles. The number of anilines is 1. The van der Waals surface area contributed by atoms with Crippen molar-refractivity contribution in [3.8, 4) is 17.2 Å². The van der Waals surface area contributed by atoms with E-state index in [1.54, 1.807) is 23.8 Å². The number of rotatable bonds is 8. The van der Waals surface area contributed by atoms with Gasteiger partial charge in [-0.3, -0.25) is 4.79 Å². The van der Waals surface area contributed by atoms with Crippen LogP contribution in [0.5, 0.6) is 5.75 Å². The van der Waals surface area contributed by atoms with Crippen molar-refractivity contribution in [3.05, 3.63) is 66.3 Å². The van der Waals surface area contributed by atoms with Gasteiger partial charge in [0.2, 0.25) is 17.7 Å². The zero-order chi connectivity index (χ0) is 21.6. The van der Waals surface area contributed by atoms with Gasteiger partial charge in [-0.2, -0.15) is 0 Å². The predicted octanol–water partition coefficient (Wildman–Crippen LogP) is 3.35. The second-order valence-electron chi connectivity index (χ2n) is 6.57. The number of thioether (sulfide) groups is 1. The van der Waals surface area contributed by atoms with E-state index < -0.39 is 0 Å². The van der Waals surface area contributed by atoms with Gasteiger partial charge in [-0.25, -0.2) is 0 Å². The Morgan fingerprint density at radius 3 is 2.74 bits per heavy atom. The Morgan fingerprint density at radius 2 is 1.94 bits per heavy atom. The molecule has 158 valence electrons. The standard InChI is InChI=1S/C21H20N6O3S/c1-27-17(12-18(28)22-15-9-6-10-16(11-15)29-2)23-26-21(27)31-13-19-24-25-20(30-19)14-7-4-3-5-8-14/h3-11H,12-13H2,1-2H3,(H,22,28). The lowest BCUT2D eigenvalue weighted by Gasteiger charge is -2.07. The van der Waals surface area contributed by atoms with Crippen LogP contribution in [-0.4, -0.2) is 38.0 Å². The number of benzene rings is 2. The van der Waals surface area contributed by atoms with E-state index in [9.17, 15) is 4.79 Å². The Morgan fingerprint density at radius 1 is 1.10 bits per heavy atom. The van der Waals surface area contributed by atoms with Gasteiger partial charge in [0, 0.05) is 24.4 Å². The first kappa shape index (κ1) is 20.6. The van der Waals surface area contributed by atoms with Crippen LogP contribution < -0.4 is 10.1 Å². The van der Waals surface area contributed by atoms with Crippen molar-refractivity contribution in [3.63, 3.8) is 0 Å². The van der Waals surface area contributed by atoms with Crippen LogP contribution >= 0.6 is 11.8 Å². The molecule has 0 unspecified atom stereocenters. The average molecular weight is 436 g/mol. The molecule has 4 rings (SSSR count). The number of hydrogen-bond acceptors (Lipinski definition) is 8. The van der Waals surface area contributed by atoms with Crippen LogP contribution in [-0.2, 0) is 24.0 Å². The second-order valence-corrected chi connectivity index (χ2v) is 7.51. The summed E-state index contributed by atoms with van der Waals surface area (Å²) in [5.74, 6) is 2.45. The molecule has 0 radical (unpaired) electrons. The Kier molecular flexibility index (Phi) is 6.27. The van der Waals surface area contributed by atoms with Crippen molar-refractivity contribution in [2.45, 2.75) is 17.3 Å². The van der Waals surface area contributed by atoms with Crippen LogP contribution in [0, 0.1) is 0 Å². The molecular formula is C21H20N6O3S. The zero-order valence-corrected chi connectivity index (χ0v) is 17.8. The van der Waals surface area contributed by atoms with Gasteiger partial charge in [0.15, 0.2) is 5.16 Å². The first-order valence-corrected chi connectivity index (χ1v) is 10.4. The predicted molar refractivity (Wildman–Crippen MR) is 116 cm³/mol. The van der Waals surface area contributed by atoms with E-state index in [-0.39, 0.29) is 12.3 Å². The summed E-state index contributed by atoms with van der Waals surface area (Å²) in [6, 6.07) is 16.8. The SMILES string of the molecule is COc1cccc(NC(=O)Cc2nnc(SCc3nnc(-c4ccccc4)o3)n2C)c1. The quantitative estimate of drug-likeness (QED) is 0.419. The highest BCUT2D eigenvalue weighted by molar-refractivity contribution is 7.98. The van der Waals surface area contributed by atoms with Crippen molar-refractivity contribution in [2.24, 2.45) is 7.05 Å². The molecule has 31 heavy (non-hydrogen) atoms. The molecule has 1 N–H and O–H groups in total. The maximum atomic E-state index is 12.4. The maximum absolute atomic E-state index is 12.4. The average Bonchev–Trinajstić information content (AvgIpc) is 3.40. The summed E-state index contributed by atoms with van der Waals surface area (Å²) >= 11 is 1.41. The molecule has 4 aromatic rings. The summed E-state index contributed by atoms with van der Waals surface area (Å²) < 4.78 is 12.7. The van der Waals surface area contributed by atoms with Gasteiger partial charge in [-0.1, -0.05) is 36.0 Å². The minimum atomic E-state index is -0.190. The van der Waals surface area contributed by atoms with Crippen molar-refractivity contribution < 1.29 is 13.9 Å². The van der Waals surface area contributed by atoms with Crippen LogP contribution in [0.1, 0.15) is 11.7 Å². The summed E-state index contributed by atoms with van der Waals surface area (Å²) in [6.45, 7) is 0. The van der Waals surface area contributed by atoms with Crippen molar-refractivity contribution in [1.82, 2.24) is 25.0 Å². The molecular weight excluding hydrogens is 416 g/mol. The van der Waals surface area contributed by atoms with Crippen LogP contribution in [0.25, 0.3) is 11.5 Å². The maximum Gasteiger partial charge on any atom is 0.247 e. The van der Waals surface area contributed by atoms with E-state index >= 15 is 0 Å². The van der Waals surface area contributed by atoms with E-state index in [0.29, 0.717) is 40.0 Å². The fourth-order valence-corrected chi connectivity index (χ4v) is 3.58. The van der Waals surface area contributed by atoms with Crippen LogP contribution in [0.2, 0.25) is 0 Å². The van der Waals surface area contributed by atoms with Gasteiger partial charge in [-0.05, 0) is 24.3 Å². The van der Waals surface area contributed by atoms with Gasteiger partial charge < -0.3 is 19.0 Å². The van der Waals surface area contributed by atoms with Gasteiger partial charge in [0.1, 0.15) is 11.6 Å². The number of nitrogens with one attached hydrogen (secondary N) is 1. The largest absolute Gasteiger partial charge is 0.497 e. The molecule has 0 bridgehead atoms. The molecule has 1 amide bonds. The van der Waals surface area contributed by atoms with Gasteiger partial charge in [0.05, 0.1) is 19.3 Å². The lowest BCUT2D eigenvalue weighted by atomic mass is 10.2. The molecule has 0 atom stereocenters. The smallest absolute Gasteiger partial charge is 0.247 e. The normalized spacial score (nSPS) is 10.8. The van der Waals surface area contributed by atoms with E-state index in [1.165, 1.54) is 11.8 Å². The number of aromatic nitrogens is 5. The molecule has 0 saturated heterocycles. The third kappa shape index (κ3) is 5.10. The molecule has 9 nitrogen and oxygen atoms in total. The Labute approximate surface area is 182 Å². The number of ether oxygens (including phenoxy) is 1. The molecule has 2 aromatic heterocycles. The molecule has 2 aromatic carbocycles. The first-order chi connectivity index (χ1) is 15.1. The number of amides is 1. The second kappa shape index (κ2) is 9.43. The highest BCUT2D eigenvalue weighted by atomic mass is 32.2. The summed E-state index contributed by atoms with van der Waals surface area (Å²) in [5.41, 5.74) is 1.53. The molecule has 0 aliphatic heterocycles. The molecule has 0 aliphatic carbocycles. The van der Waals surface area contributed by atoms with Gasteiger partial charge in [-0.15, -0.1) is 20.4 Å². The molecule has 0 fully saturated rings. The van der Waals surface area contributed by atoms with Crippen LogP contribution in [0.4, 0.5) is 5.69 Å². The molecule has 10 heteroatoms. The summed E-state index contributed by atoms with van der Waals surface area (Å²) in [6.07, 6.45) is 0.0972. The molecule has 0 aliphatic rings. The Hall–Kier alpha value is -3.66. The van der Waals surface area contributed by atoms with E-state index in [4.69, 9.17) is 9.15 Å². The minimum Gasteiger partial charge on any atom is -0.497 e. The van der Waals surface area contributed by atoms with E-state index in [0.717, 1.165) is 5.56 Å². The van der Waals surface area contributed by atoms with Crippen molar-refractivity contribution >= 4 is 23.4 Å². The highest BCUT2D eigenvalue weighted by Gasteiger charge is 2.15. The number of carbonyl (C=O) groups is 1. The van der Waals surface area contributed by atoms with Crippen LogP contribution in [0.15, 0.2) is 64.2 Å². The first-order valence-electron chi connectivity index (χ1n) is 9.45. The van der Waals surface area contributed by atoms with E-state index in [1.807, 2.05) is 49.5 Å². The van der Waals surface area contributed by atoms with Crippen LogP contribution in [0.3, 0.4) is 0 Å². The lowest BCUT2D eigenvalue weighted by Crippen LogP contribution is -2.17. The molecule has 0 saturated carbocycles. The fraction of sp³-hybridized carbons (Fsp3) is 0.190. The molecule has 0 spiro atoms. The number of nitrogens with zero attached hydrogens (tertiary/aromatic N) is 5. The summed E-state index contributed by atoms with van der Waals surface area (Å²) in [4.78, 5) is 12.4. The Balaban J connectivity index is 1.35. The van der Waals surface area contributed by atoms with Gasteiger partial charge >= 0.3 is 0 Å². The fourth-order valence-electron chi connectivity index (χ4n) is 2.81. The topological polar surface area (TPSA) is 108 Å². The summed E-state index contributed by atoms with van der Waals surface area (Å²) in [5, 5.41) is 20.0. The van der Waals surface area contributed by atoms with Gasteiger partial charge in [0.25, 0.3) is 0 Å². The number of hydrogen-bond donors (Lipinski definition) is 1. The van der Waals surface area contributed by atoms with Crippen molar-refractivity contribution in [1.29, 1.82) is 0 Å². The summed E-state index contributed by atoms with van der Waals surface area (Å²) in [7, 11) is 3.40.